The van der Waals surface area contributed by atoms with Gasteiger partial charge in [-0.3, -0.25) is 4.79 Å². The number of thiophene rings is 1. The Morgan fingerprint density at radius 3 is 2.46 bits per heavy atom. The van der Waals surface area contributed by atoms with E-state index in [1.807, 2.05) is 41.8 Å². The number of hydrogen-bond acceptors (Lipinski definition) is 5. The van der Waals surface area contributed by atoms with E-state index in [1.54, 1.807) is 41.2 Å². The number of amides is 1. The van der Waals surface area contributed by atoms with Gasteiger partial charge >= 0.3 is 5.97 Å². The standard InChI is InChI=1S/C21H15N3O3S/c25-20(19-7-4-12-28-19)23-16-8-10-18(11-9-16)27-21(26)15-13-22-24(14-15)17-5-2-1-3-6-17/h1-14H,(H,23,25). The van der Waals surface area contributed by atoms with Crippen molar-refractivity contribution in [1.82, 2.24) is 9.78 Å². The fourth-order valence-corrected chi connectivity index (χ4v) is 3.14. The van der Waals surface area contributed by atoms with Crippen LogP contribution in [0.2, 0.25) is 0 Å². The largest absolute Gasteiger partial charge is 0.423 e. The quantitative estimate of drug-likeness (QED) is 0.405. The van der Waals surface area contributed by atoms with E-state index in [2.05, 4.69) is 10.4 Å². The van der Waals surface area contributed by atoms with E-state index in [4.69, 9.17) is 4.74 Å². The molecule has 4 rings (SSSR count). The van der Waals surface area contributed by atoms with E-state index < -0.39 is 5.97 Å². The fraction of sp³-hybridized carbons (Fsp3) is 0. The van der Waals surface area contributed by atoms with Gasteiger partial charge in [0.25, 0.3) is 5.91 Å². The molecule has 0 radical (unpaired) electrons. The van der Waals surface area contributed by atoms with Crippen LogP contribution in [-0.2, 0) is 0 Å². The molecule has 0 atom stereocenters. The van der Waals surface area contributed by atoms with Crippen molar-refractivity contribution in [3.8, 4) is 11.4 Å². The molecule has 0 aliphatic heterocycles. The predicted molar refractivity (Wildman–Crippen MR) is 107 cm³/mol. The van der Waals surface area contributed by atoms with Gasteiger partial charge in [-0.1, -0.05) is 24.3 Å². The third-order valence-corrected chi connectivity index (χ3v) is 4.78. The van der Waals surface area contributed by atoms with Crippen molar-refractivity contribution in [2.24, 2.45) is 0 Å². The van der Waals surface area contributed by atoms with Crippen LogP contribution in [0.15, 0.2) is 84.5 Å². The van der Waals surface area contributed by atoms with Crippen LogP contribution >= 0.6 is 11.3 Å². The van der Waals surface area contributed by atoms with Gasteiger partial charge in [0, 0.05) is 11.9 Å². The summed E-state index contributed by atoms with van der Waals surface area (Å²) in [6, 6.07) is 19.7. The Morgan fingerprint density at radius 2 is 1.75 bits per heavy atom. The SMILES string of the molecule is O=C(Oc1ccc(NC(=O)c2cccs2)cc1)c1cnn(-c2ccccc2)c1. The summed E-state index contributed by atoms with van der Waals surface area (Å²) in [7, 11) is 0. The van der Waals surface area contributed by atoms with Crippen LogP contribution in [-0.4, -0.2) is 21.7 Å². The van der Waals surface area contributed by atoms with Crippen molar-refractivity contribution in [3.63, 3.8) is 0 Å². The molecule has 6 nitrogen and oxygen atoms in total. The molecule has 4 aromatic rings. The second-order valence-electron chi connectivity index (χ2n) is 5.85. The number of carbonyl (C=O) groups is 2. The molecule has 0 bridgehead atoms. The minimum Gasteiger partial charge on any atom is -0.423 e. The molecule has 2 aromatic carbocycles. The first-order chi connectivity index (χ1) is 13.7. The number of nitrogens with zero attached hydrogens (tertiary/aromatic N) is 2. The Balaban J connectivity index is 1.40. The lowest BCUT2D eigenvalue weighted by Crippen LogP contribution is -2.10. The fourth-order valence-electron chi connectivity index (χ4n) is 2.52. The molecule has 0 aliphatic carbocycles. The van der Waals surface area contributed by atoms with Gasteiger partial charge < -0.3 is 10.1 Å². The molecule has 0 fully saturated rings. The number of anilines is 1. The summed E-state index contributed by atoms with van der Waals surface area (Å²) < 4.78 is 6.99. The number of nitrogens with one attached hydrogen (secondary N) is 1. The lowest BCUT2D eigenvalue weighted by atomic mass is 10.3. The highest BCUT2D eigenvalue weighted by molar-refractivity contribution is 7.12. The van der Waals surface area contributed by atoms with Gasteiger partial charge in [0.15, 0.2) is 0 Å². The molecule has 0 aliphatic rings. The molecule has 2 heterocycles. The van der Waals surface area contributed by atoms with Crippen molar-refractivity contribution < 1.29 is 14.3 Å². The van der Waals surface area contributed by atoms with E-state index in [1.165, 1.54) is 17.5 Å². The monoisotopic (exact) mass is 389 g/mol. The van der Waals surface area contributed by atoms with Gasteiger partial charge in [-0.2, -0.15) is 5.10 Å². The van der Waals surface area contributed by atoms with Gasteiger partial charge in [-0.25, -0.2) is 9.48 Å². The van der Waals surface area contributed by atoms with Crippen molar-refractivity contribution in [3.05, 3.63) is 94.9 Å². The van der Waals surface area contributed by atoms with E-state index in [-0.39, 0.29) is 5.91 Å². The number of benzene rings is 2. The molecule has 1 amide bonds. The molecule has 0 spiro atoms. The highest BCUT2D eigenvalue weighted by atomic mass is 32.1. The minimum atomic E-state index is -0.502. The lowest BCUT2D eigenvalue weighted by Gasteiger charge is -2.06. The molecule has 28 heavy (non-hydrogen) atoms. The summed E-state index contributed by atoms with van der Waals surface area (Å²) in [5.74, 6) is -0.294. The number of ether oxygens (including phenoxy) is 1. The van der Waals surface area contributed by atoms with Crippen molar-refractivity contribution in [2.45, 2.75) is 0 Å². The summed E-state index contributed by atoms with van der Waals surface area (Å²) in [6.45, 7) is 0. The van der Waals surface area contributed by atoms with Crippen LogP contribution in [0.5, 0.6) is 5.75 Å². The molecule has 1 N–H and O–H groups in total. The Morgan fingerprint density at radius 1 is 0.964 bits per heavy atom. The highest BCUT2D eigenvalue weighted by Crippen LogP contribution is 2.19. The van der Waals surface area contributed by atoms with Gasteiger partial charge in [0.05, 0.1) is 22.3 Å². The maximum Gasteiger partial charge on any atom is 0.346 e. The number of rotatable bonds is 5. The summed E-state index contributed by atoms with van der Waals surface area (Å²) >= 11 is 1.37. The predicted octanol–water partition coefficient (Wildman–Crippen LogP) is 4.41. The topological polar surface area (TPSA) is 73.2 Å². The molecule has 0 saturated heterocycles. The number of carbonyl (C=O) groups excluding carboxylic acids is 2. The third kappa shape index (κ3) is 3.99. The maximum absolute atomic E-state index is 12.3. The molecule has 7 heteroatoms. The normalized spacial score (nSPS) is 10.4. The second kappa shape index (κ2) is 7.89. The first kappa shape index (κ1) is 17.7. The minimum absolute atomic E-state index is 0.173. The first-order valence-electron chi connectivity index (χ1n) is 8.46. The Kier molecular flexibility index (Phi) is 4.99. The van der Waals surface area contributed by atoms with Gasteiger partial charge in [-0.05, 0) is 47.8 Å². The molecule has 138 valence electrons. The molecule has 0 saturated carbocycles. The molecular weight excluding hydrogens is 374 g/mol. The third-order valence-electron chi connectivity index (χ3n) is 3.91. The average Bonchev–Trinajstić information content (AvgIpc) is 3.42. The smallest absolute Gasteiger partial charge is 0.346 e. The van der Waals surface area contributed by atoms with Gasteiger partial charge in [0.1, 0.15) is 5.75 Å². The zero-order valence-corrected chi connectivity index (χ0v) is 15.4. The summed E-state index contributed by atoms with van der Waals surface area (Å²) in [5.41, 5.74) is 1.82. The maximum atomic E-state index is 12.3. The molecular formula is C21H15N3O3S. The van der Waals surface area contributed by atoms with Crippen LogP contribution in [0.25, 0.3) is 5.69 Å². The number of aromatic nitrogens is 2. The average molecular weight is 389 g/mol. The summed E-state index contributed by atoms with van der Waals surface area (Å²) in [6.07, 6.45) is 3.08. The zero-order valence-electron chi connectivity index (χ0n) is 14.6. The summed E-state index contributed by atoms with van der Waals surface area (Å²) in [5, 5.41) is 8.83. The van der Waals surface area contributed by atoms with Crippen LogP contribution in [0.3, 0.4) is 0 Å². The lowest BCUT2D eigenvalue weighted by molar-refractivity contribution is 0.0734. The Bertz CT molecular complexity index is 1090. The Hall–Kier alpha value is -3.71. The van der Waals surface area contributed by atoms with E-state index in [0.717, 1.165) is 5.69 Å². The number of esters is 1. The molecule has 2 aromatic heterocycles. The number of hydrogen-bond donors (Lipinski definition) is 1. The van der Waals surface area contributed by atoms with E-state index >= 15 is 0 Å². The number of para-hydroxylation sites is 1. The van der Waals surface area contributed by atoms with E-state index in [0.29, 0.717) is 21.9 Å². The molecule has 0 unspecified atom stereocenters. The van der Waals surface area contributed by atoms with Crippen molar-refractivity contribution in [1.29, 1.82) is 0 Å². The second-order valence-corrected chi connectivity index (χ2v) is 6.80. The van der Waals surface area contributed by atoms with Gasteiger partial charge in [-0.15, -0.1) is 11.3 Å². The first-order valence-corrected chi connectivity index (χ1v) is 9.34. The van der Waals surface area contributed by atoms with Crippen LogP contribution in [0, 0.1) is 0 Å². The zero-order chi connectivity index (χ0) is 19.3. The van der Waals surface area contributed by atoms with Crippen LogP contribution in [0.4, 0.5) is 5.69 Å². The summed E-state index contributed by atoms with van der Waals surface area (Å²) in [4.78, 5) is 25.0. The van der Waals surface area contributed by atoms with Crippen LogP contribution in [0.1, 0.15) is 20.0 Å². The highest BCUT2D eigenvalue weighted by Gasteiger charge is 2.12. The van der Waals surface area contributed by atoms with Crippen molar-refractivity contribution in [2.75, 3.05) is 5.32 Å². The van der Waals surface area contributed by atoms with Crippen LogP contribution < -0.4 is 10.1 Å². The van der Waals surface area contributed by atoms with Crippen molar-refractivity contribution >= 4 is 28.9 Å². The Labute approximate surface area is 165 Å². The van der Waals surface area contributed by atoms with Gasteiger partial charge in [0.2, 0.25) is 0 Å². The van der Waals surface area contributed by atoms with E-state index in [9.17, 15) is 9.59 Å².